The summed E-state index contributed by atoms with van der Waals surface area (Å²) in [5.74, 6) is -0.634. The number of benzene rings is 2. The second-order valence-corrected chi connectivity index (χ2v) is 17.4. The Morgan fingerprint density at radius 2 is 0.947 bits per heavy atom. The molecule has 0 atom stereocenters. The van der Waals surface area contributed by atoms with Crippen LogP contribution < -0.4 is 10.4 Å². The van der Waals surface area contributed by atoms with Crippen LogP contribution in [0, 0.1) is 0 Å². The average Bonchev–Trinajstić information content (AvgIpc) is 2.98. The fourth-order valence-corrected chi connectivity index (χ4v) is 6.91. The minimum absolute atomic E-state index is 0.321. The van der Waals surface area contributed by atoms with Gasteiger partial charge in [-0.05, 0) is 37.1 Å². The van der Waals surface area contributed by atoms with E-state index in [-0.39, 0.29) is 0 Å². The first-order chi connectivity index (χ1) is 18.2. The molecule has 0 N–H and O–H groups in total. The van der Waals surface area contributed by atoms with Gasteiger partial charge in [-0.3, -0.25) is 9.78 Å². The van der Waals surface area contributed by atoms with Gasteiger partial charge in [-0.25, -0.2) is 19.4 Å². The van der Waals surface area contributed by atoms with E-state index < -0.39 is 28.1 Å². The highest BCUT2D eigenvalue weighted by molar-refractivity contribution is 6.99. The third-order valence-electron chi connectivity index (χ3n) is 6.99. The number of rotatable bonds is 12. The summed E-state index contributed by atoms with van der Waals surface area (Å²) in [5.41, 5.74) is 8.41. The van der Waals surface area contributed by atoms with Crippen LogP contribution in [0.3, 0.4) is 0 Å². The van der Waals surface area contributed by atoms with Gasteiger partial charge < -0.3 is 0 Å². The van der Waals surface area contributed by atoms with E-state index in [0.717, 1.165) is 23.2 Å². The molecule has 38 heavy (non-hydrogen) atoms. The molecule has 0 fully saturated rings. The molecule has 0 saturated carbocycles. The van der Waals surface area contributed by atoms with Crippen LogP contribution in [0.1, 0.15) is 46.4 Å². The van der Waals surface area contributed by atoms with Crippen molar-refractivity contribution in [3.63, 3.8) is 0 Å². The van der Waals surface area contributed by atoms with Gasteiger partial charge in [0, 0.05) is 12.8 Å². The number of carbonyl (C=O) groups excluding carboxylic acids is 2. The Balaban J connectivity index is 1.62. The van der Waals surface area contributed by atoms with Gasteiger partial charge in [-0.2, -0.15) is 0 Å². The Morgan fingerprint density at radius 1 is 0.632 bits per heavy atom. The summed E-state index contributed by atoms with van der Waals surface area (Å²) in [6.45, 7) is 19.9. The maximum Gasteiger partial charge on any atom is 0.386 e. The number of carbonyl (C=O) groups is 2. The minimum atomic E-state index is -1.97. The fraction of sp³-hybridized carbons (Fsp3) is 0.200. The first kappa shape index (κ1) is 28.7. The normalized spacial score (nSPS) is 13.6. The van der Waals surface area contributed by atoms with Crippen LogP contribution in [0.15, 0.2) is 109 Å². The highest BCUT2D eigenvalue weighted by Gasteiger charge is 2.25. The molecule has 3 rings (SSSR count). The summed E-state index contributed by atoms with van der Waals surface area (Å²) < 4.78 is 0. The molecule has 1 aliphatic carbocycles. The fourth-order valence-electron chi connectivity index (χ4n) is 3.87. The summed E-state index contributed by atoms with van der Waals surface area (Å²) >= 11 is 0. The molecule has 0 amide bonds. The van der Waals surface area contributed by atoms with Crippen LogP contribution in [-0.4, -0.2) is 28.1 Å². The highest BCUT2D eigenvalue weighted by atomic mass is 28.3. The molecular formula is C30H34O6Si2. The van der Waals surface area contributed by atoms with Crippen molar-refractivity contribution in [2.45, 2.75) is 38.8 Å². The maximum atomic E-state index is 12.6. The number of allylic oxidation sites excluding steroid dienone is 2. The molecule has 0 unspecified atom stereocenters. The van der Waals surface area contributed by atoms with Gasteiger partial charge in [-0.1, -0.05) is 70.5 Å². The molecule has 198 valence electrons. The number of hydrogen-bond acceptors (Lipinski definition) is 6. The van der Waals surface area contributed by atoms with Gasteiger partial charge in [0.1, 0.15) is 16.1 Å². The Kier molecular flexibility index (Phi) is 9.49. The molecule has 8 heteroatoms. The monoisotopic (exact) mass is 546 g/mol. The maximum absolute atomic E-state index is 12.6. The molecule has 6 nitrogen and oxygen atoms in total. The lowest BCUT2D eigenvalue weighted by Gasteiger charge is -2.19. The lowest BCUT2D eigenvalue weighted by molar-refractivity contribution is -0.239. The highest BCUT2D eigenvalue weighted by Crippen LogP contribution is 2.27. The minimum Gasteiger partial charge on any atom is -0.287 e. The summed E-state index contributed by atoms with van der Waals surface area (Å²) in [5, 5.41) is 2.17. The third-order valence-corrected chi connectivity index (χ3v) is 13.5. The standard InChI is InChI=1S/C30H34O6Si2/c1-7-37(5,8-2)25-19-15-23(16-20-25)29(31)35-33-27-13-11-12-14-28(27)34-36-30(32)24-17-21-26(22-18-24)38(6,9-3)10-4/h7-10,15-22H,1-4,11-14H2,5-6H3. The van der Waals surface area contributed by atoms with Gasteiger partial charge in [0.2, 0.25) is 0 Å². The van der Waals surface area contributed by atoms with Crippen molar-refractivity contribution in [1.29, 1.82) is 0 Å². The SMILES string of the molecule is C=C[Si](C)(C=C)c1ccc(C(=O)OOC2=C(OOC(=O)c3ccc([Si](C)(C=C)C=C)cc3)CCCC2)cc1. The third kappa shape index (κ3) is 6.51. The van der Waals surface area contributed by atoms with Gasteiger partial charge in [0.05, 0.1) is 11.1 Å². The van der Waals surface area contributed by atoms with Crippen molar-refractivity contribution >= 4 is 38.5 Å². The van der Waals surface area contributed by atoms with Crippen molar-refractivity contribution in [2.75, 3.05) is 0 Å². The molecule has 0 saturated heterocycles. The quantitative estimate of drug-likeness (QED) is 0.190. The molecule has 0 spiro atoms. The molecule has 2 aromatic rings. The Labute approximate surface area is 226 Å². The lowest BCUT2D eigenvalue weighted by atomic mass is 10.0. The van der Waals surface area contributed by atoms with Crippen LogP contribution >= 0.6 is 0 Å². The molecule has 1 aliphatic rings. The van der Waals surface area contributed by atoms with E-state index in [1.54, 1.807) is 24.3 Å². The van der Waals surface area contributed by atoms with Crippen LogP contribution in [0.2, 0.25) is 13.1 Å². The van der Waals surface area contributed by atoms with Gasteiger partial charge in [-0.15, -0.1) is 26.3 Å². The summed E-state index contributed by atoms with van der Waals surface area (Å²) in [6.07, 6.45) is 2.63. The van der Waals surface area contributed by atoms with Crippen LogP contribution in [0.4, 0.5) is 0 Å². The largest absolute Gasteiger partial charge is 0.386 e. The molecule has 2 aromatic carbocycles. The lowest BCUT2D eigenvalue weighted by Crippen LogP contribution is -2.40. The summed E-state index contributed by atoms with van der Waals surface area (Å²) in [7, 11) is -3.94. The smallest absolute Gasteiger partial charge is 0.287 e. The van der Waals surface area contributed by atoms with E-state index in [1.165, 1.54) is 0 Å². The first-order valence-corrected chi connectivity index (χ1v) is 17.8. The molecular weight excluding hydrogens is 512 g/mol. The average molecular weight is 547 g/mol. The van der Waals surface area contributed by atoms with Gasteiger partial charge in [0.15, 0.2) is 11.5 Å². The second-order valence-electron chi connectivity index (χ2n) is 9.50. The van der Waals surface area contributed by atoms with Crippen molar-refractivity contribution < 1.29 is 29.1 Å². The first-order valence-electron chi connectivity index (χ1n) is 12.4. The summed E-state index contributed by atoms with van der Waals surface area (Å²) in [6, 6.07) is 14.3. The van der Waals surface area contributed by atoms with Crippen molar-refractivity contribution in [3.05, 3.63) is 120 Å². The van der Waals surface area contributed by atoms with Crippen LogP contribution in [0.5, 0.6) is 0 Å². The zero-order chi connectivity index (χ0) is 27.8. The Bertz CT molecular complexity index is 1130. The molecule has 0 aromatic heterocycles. The van der Waals surface area contributed by atoms with E-state index in [2.05, 4.69) is 39.4 Å². The van der Waals surface area contributed by atoms with E-state index >= 15 is 0 Å². The van der Waals surface area contributed by atoms with E-state index in [1.807, 2.05) is 47.1 Å². The van der Waals surface area contributed by atoms with Crippen molar-refractivity contribution in [3.8, 4) is 0 Å². The second kappa shape index (κ2) is 12.6. The zero-order valence-corrected chi connectivity index (χ0v) is 24.0. The van der Waals surface area contributed by atoms with Gasteiger partial charge >= 0.3 is 11.9 Å². The summed E-state index contributed by atoms with van der Waals surface area (Å²) in [4.78, 5) is 45.9. The van der Waals surface area contributed by atoms with Crippen LogP contribution in [0.25, 0.3) is 0 Å². The van der Waals surface area contributed by atoms with Crippen LogP contribution in [-0.2, 0) is 19.6 Å². The predicted molar refractivity (Wildman–Crippen MR) is 155 cm³/mol. The Hall–Kier alpha value is -3.89. The molecule has 0 heterocycles. The van der Waals surface area contributed by atoms with Crippen molar-refractivity contribution in [2.24, 2.45) is 0 Å². The van der Waals surface area contributed by atoms with Crippen molar-refractivity contribution in [1.82, 2.24) is 0 Å². The topological polar surface area (TPSA) is 71.1 Å². The van der Waals surface area contributed by atoms with E-state index in [4.69, 9.17) is 19.6 Å². The number of hydrogen-bond donors (Lipinski definition) is 0. The molecule has 0 bridgehead atoms. The Morgan fingerprint density at radius 3 is 1.24 bits per heavy atom. The zero-order valence-electron chi connectivity index (χ0n) is 22.0. The van der Waals surface area contributed by atoms with E-state index in [9.17, 15) is 9.59 Å². The molecule has 0 radical (unpaired) electrons. The predicted octanol–water partition coefficient (Wildman–Crippen LogP) is 5.82. The van der Waals surface area contributed by atoms with E-state index in [0.29, 0.717) is 35.5 Å². The van der Waals surface area contributed by atoms with Gasteiger partial charge in [0.25, 0.3) is 0 Å². The molecule has 0 aliphatic heterocycles.